The van der Waals surface area contributed by atoms with Crippen molar-refractivity contribution >= 4 is 11.6 Å². The van der Waals surface area contributed by atoms with E-state index in [2.05, 4.69) is 20.6 Å². The predicted octanol–water partition coefficient (Wildman–Crippen LogP) is 3.01. The van der Waals surface area contributed by atoms with Crippen LogP contribution in [0.4, 0.5) is 20.4 Å². The first-order valence-electron chi connectivity index (χ1n) is 6.85. The predicted molar refractivity (Wildman–Crippen MR) is 79.5 cm³/mol. The number of halogens is 2. The molecule has 0 atom stereocenters. The van der Waals surface area contributed by atoms with Gasteiger partial charge in [0.25, 0.3) is 0 Å². The van der Waals surface area contributed by atoms with Gasteiger partial charge in [-0.3, -0.25) is 0 Å². The number of aromatic nitrogens is 2. The van der Waals surface area contributed by atoms with E-state index in [1.54, 1.807) is 13.1 Å². The largest absolute Gasteiger partial charge is 0.373 e. The lowest BCUT2D eigenvalue weighted by atomic mass is 10.1. The van der Waals surface area contributed by atoms with Crippen LogP contribution in [-0.4, -0.2) is 23.6 Å². The van der Waals surface area contributed by atoms with Crippen LogP contribution >= 0.6 is 0 Å². The number of rotatable bonds is 6. The summed E-state index contributed by atoms with van der Waals surface area (Å²) in [7, 11) is 1.79. The molecule has 0 radical (unpaired) electrons. The number of hydrogen-bond donors (Lipinski definition) is 2. The van der Waals surface area contributed by atoms with Gasteiger partial charge in [0.15, 0.2) is 0 Å². The van der Waals surface area contributed by atoms with Crippen molar-refractivity contribution in [1.82, 2.24) is 9.97 Å². The molecule has 0 spiro atoms. The zero-order valence-corrected chi connectivity index (χ0v) is 12.1. The number of hydrogen-bond acceptors (Lipinski definition) is 4. The molecule has 6 heteroatoms. The highest BCUT2D eigenvalue weighted by molar-refractivity contribution is 5.47. The molecule has 21 heavy (non-hydrogen) atoms. The maximum absolute atomic E-state index is 13.1. The van der Waals surface area contributed by atoms with Crippen molar-refractivity contribution in [1.29, 1.82) is 0 Å². The van der Waals surface area contributed by atoms with E-state index in [0.717, 1.165) is 24.1 Å². The van der Waals surface area contributed by atoms with Crippen LogP contribution < -0.4 is 10.6 Å². The fourth-order valence-corrected chi connectivity index (χ4v) is 1.96. The van der Waals surface area contributed by atoms with Crippen LogP contribution in [0.25, 0.3) is 0 Å². The van der Waals surface area contributed by atoms with Crippen LogP contribution in [0.3, 0.4) is 0 Å². The minimum atomic E-state index is -0.558. The van der Waals surface area contributed by atoms with Crippen LogP contribution in [0.15, 0.2) is 24.3 Å². The molecule has 1 heterocycles. The second-order valence-corrected chi connectivity index (χ2v) is 4.61. The standard InChI is InChI=1S/C15H18F2N4/c1-3-13-20-14(18-2)9-15(21-13)19-5-4-10-6-11(16)8-12(17)7-10/h6-9H,3-5H2,1-2H3,(H2,18,19,20,21). The molecule has 2 N–H and O–H groups in total. The second kappa shape index (κ2) is 6.97. The summed E-state index contributed by atoms with van der Waals surface area (Å²) in [6.07, 6.45) is 1.24. The summed E-state index contributed by atoms with van der Waals surface area (Å²) < 4.78 is 26.2. The molecular weight excluding hydrogens is 274 g/mol. The van der Waals surface area contributed by atoms with E-state index in [1.807, 2.05) is 6.92 Å². The third kappa shape index (κ3) is 4.37. The van der Waals surface area contributed by atoms with Crippen molar-refractivity contribution in [2.45, 2.75) is 19.8 Å². The van der Waals surface area contributed by atoms with Gasteiger partial charge in [0.2, 0.25) is 0 Å². The van der Waals surface area contributed by atoms with E-state index in [0.29, 0.717) is 24.3 Å². The van der Waals surface area contributed by atoms with Crippen molar-refractivity contribution in [3.63, 3.8) is 0 Å². The molecule has 0 aliphatic carbocycles. The zero-order valence-electron chi connectivity index (χ0n) is 12.1. The first-order chi connectivity index (χ1) is 10.1. The zero-order chi connectivity index (χ0) is 15.2. The number of benzene rings is 1. The molecule has 112 valence electrons. The van der Waals surface area contributed by atoms with Gasteiger partial charge < -0.3 is 10.6 Å². The minimum absolute atomic E-state index is 0.509. The van der Waals surface area contributed by atoms with E-state index in [9.17, 15) is 8.78 Å². The normalized spacial score (nSPS) is 10.5. The number of anilines is 2. The summed E-state index contributed by atoms with van der Waals surface area (Å²) in [5.74, 6) is 1.06. The van der Waals surface area contributed by atoms with Gasteiger partial charge >= 0.3 is 0 Å². The first kappa shape index (κ1) is 15.2. The van der Waals surface area contributed by atoms with E-state index in [1.165, 1.54) is 12.1 Å². The van der Waals surface area contributed by atoms with E-state index >= 15 is 0 Å². The van der Waals surface area contributed by atoms with Gasteiger partial charge in [-0.2, -0.15) is 0 Å². The van der Waals surface area contributed by atoms with Crippen molar-refractivity contribution in [2.75, 3.05) is 24.2 Å². The van der Waals surface area contributed by atoms with Gasteiger partial charge in [-0.15, -0.1) is 0 Å². The smallest absolute Gasteiger partial charge is 0.132 e. The van der Waals surface area contributed by atoms with Gasteiger partial charge in [0.1, 0.15) is 29.1 Å². The van der Waals surface area contributed by atoms with Crippen molar-refractivity contribution in [3.05, 3.63) is 47.3 Å². The van der Waals surface area contributed by atoms with Crippen LogP contribution in [-0.2, 0) is 12.8 Å². The molecule has 0 fully saturated rings. The Morgan fingerprint density at radius 2 is 1.67 bits per heavy atom. The summed E-state index contributed by atoms with van der Waals surface area (Å²) in [4.78, 5) is 8.65. The Bertz CT molecular complexity index is 574. The third-order valence-electron chi connectivity index (χ3n) is 2.99. The summed E-state index contributed by atoms with van der Waals surface area (Å²) in [5.41, 5.74) is 0.610. The topological polar surface area (TPSA) is 49.8 Å². The Hall–Kier alpha value is -2.24. The summed E-state index contributed by atoms with van der Waals surface area (Å²) in [6, 6.07) is 5.34. The highest BCUT2D eigenvalue weighted by Crippen LogP contribution is 2.12. The highest BCUT2D eigenvalue weighted by atomic mass is 19.1. The molecular formula is C15H18F2N4. The molecule has 2 aromatic rings. The van der Waals surface area contributed by atoms with Gasteiger partial charge in [0.05, 0.1) is 0 Å². The maximum Gasteiger partial charge on any atom is 0.132 e. The Morgan fingerprint density at radius 1 is 1.00 bits per heavy atom. The molecule has 0 aliphatic heterocycles. The lowest BCUT2D eigenvalue weighted by Gasteiger charge is -2.09. The molecule has 1 aromatic heterocycles. The lowest BCUT2D eigenvalue weighted by Crippen LogP contribution is -2.09. The molecule has 0 bridgehead atoms. The summed E-state index contributed by atoms with van der Waals surface area (Å²) in [6.45, 7) is 2.51. The highest BCUT2D eigenvalue weighted by Gasteiger charge is 2.04. The number of nitrogens with zero attached hydrogens (tertiary/aromatic N) is 2. The average molecular weight is 292 g/mol. The monoisotopic (exact) mass is 292 g/mol. The summed E-state index contributed by atoms with van der Waals surface area (Å²) >= 11 is 0. The average Bonchev–Trinajstić information content (AvgIpc) is 2.45. The van der Waals surface area contributed by atoms with Crippen LogP contribution in [0.5, 0.6) is 0 Å². The van der Waals surface area contributed by atoms with Crippen LogP contribution in [0.2, 0.25) is 0 Å². The molecule has 0 aliphatic rings. The van der Waals surface area contributed by atoms with Gasteiger partial charge in [0, 0.05) is 32.1 Å². The second-order valence-electron chi connectivity index (χ2n) is 4.61. The molecule has 0 saturated carbocycles. The number of nitrogens with one attached hydrogen (secondary N) is 2. The molecule has 4 nitrogen and oxygen atoms in total. The molecule has 2 rings (SSSR count). The molecule has 0 saturated heterocycles. The van der Waals surface area contributed by atoms with E-state index < -0.39 is 11.6 Å². The van der Waals surface area contributed by atoms with Crippen LogP contribution in [0.1, 0.15) is 18.3 Å². The molecule has 0 unspecified atom stereocenters. The van der Waals surface area contributed by atoms with Gasteiger partial charge in [-0.05, 0) is 24.1 Å². The van der Waals surface area contributed by atoms with Gasteiger partial charge in [-0.25, -0.2) is 18.7 Å². The van der Waals surface area contributed by atoms with Crippen molar-refractivity contribution in [2.24, 2.45) is 0 Å². The van der Waals surface area contributed by atoms with Crippen molar-refractivity contribution in [3.8, 4) is 0 Å². The molecule has 0 amide bonds. The lowest BCUT2D eigenvalue weighted by molar-refractivity contribution is 0.580. The Morgan fingerprint density at radius 3 is 2.29 bits per heavy atom. The Labute approximate surface area is 122 Å². The maximum atomic E-state index is 13.1. The Balaban J connectivity index is 1.99. The fraction of sp³-hybridized carbons (Fsp3) is 0.333. The summed E-state index contributed by atoms with van der Waals surface area (Å²) in [5, 5.41) is 6.12. The van der Waals surface area contributed by atoms with E-state index in [4.69, 9.17) is 0 Å². The third-order valence-corrected chi connectivity index (χ3v) is 2.99. The Kier molecular flexibility index (Phi) is 5.03. The van der Waals surface area contributed by atoms with Crippen LogP contribution in [0, 0.1) is 11.6 Å². The SMILES string of the molecule is CCc1nc(NC)cc(NCCc2cc(F)cc(F)c2)n1. The quantitative estimate of drug-likeness (QED) is 0.859. The molecule has 1 aromatic carbocycles. The first-order valence-corrected chi connectivity index (χ1v) is 6.85. The van der Waals surface area contributed by atoms with Crippen molar-refractivity contribution < 1.29 is 8.78 Å². The van der Waals surface area contributed by atoms with E-state index in [-0.39, 0.29) is 0 Å². The number of aryl methyl sites for hydroxylation is 1. The van der Waals surface area contributed by atoms with Gasteiger partial charge in [-0.1, -0.05) is 6.92 Å². The fourth-order valence-electron chi connectivity index (χ4n) is 1.96. The minimum Gasteiger partial charge on any atom is -0.373 e.